The predicted octanol–water partition coefficient (Wildman–Crippen LogP) is 3.54. The number of nitrogens with zero attached hydrogens (tertiary/aromatic N) is 4. The third-order valence-electron chi connectivity index (χ3n) is 3.54. The van der Waals surface area contributed by atoms with Gasteiger partial charge < -0.3 is 9.47 Å². The van der Waals surface area contributed by atoms with Crippen molar-refractivity contribution in [3.05, 3.63) is 58.6 Å². The van der Waals surface area contributed by atoms with Gasteiger partial charge in [-0.25, -0.2) is 9.49 Å². The topological polar surface area (TPSA) is 88.2 Å². The second-order valence-corrected chi connectivity index (χ2v) is 5.66. The Bertz CT molecular complexity index is 1080. The van der Waals surface area contributed by atoms with E-state index in [1.165, 1.54) is 23.9 Å². The summed E-state index contributed by atoms with van der Waals surface area (Å²) in [5.74, 6) is 0.929. The largest absolute Gasteiger partial charge is 0.493 e. The molecule has 1 heterocycles. The quantitative estimate of drug-likeness (QED) is 0.520. The second-order valence-electron chi connectivity index (χ2n) is 5.28. The van der Waals surface area contributed by atoms with Crippen LogP contribution < -0.4 is 9.47 Å². The van der Waals surface area contributed by atoms with Crippen LogP contribution in [0.2, 0.25) is 0 Å². The Labute approximate surface area is 159 Å². The lowest BCUT2D eigenvalue weighted by Gasteiger charge is -2.08. The van der Waals surface area contributed by atoms with Gasteiger partial charge in [-0.1, -0.05) is 12.1 Å². The molecule has 0 unspecified atom stereocenters. The summed E-state index contributed by atoms with van der Waals surface area (Å²) >= 11 is 5.20. The second kappa shape index (κ2) is 8.25. The molecule has 0 saturated heterocycles. The summed E-state index contributed by atoms with van der Waals surface area (Å²) in [6.45, 7) is -0.0784. The Morgan fingerprint density at radius 3 is 2.93 bits per heavy atom. The van der Waals surface area contributed by atoms with E-state index in [2.05, 4.69) is 15.3 Å². The molecule has 0 aliphatic rings. The van der Waals surface area contributed by atoms with Crippen LogP contribution in [0.4, 0.5) is 4.39 Å². The Kier molecular flexibility index (Phi) is 5.58. The highest BCUT2D eigenvalue weighted by molar-refractivity contribution is 7.71. The van der Waals surface area contributed by atoms with E-state index in [-0.39, 0.29) is 17.2 Å². The standard InChI is InChI=1S/C18H14FN5O2S/c1-25-16-9-12(5-6-15(16)26-8-7-20)11-21-24-17(22-23-18(24)27)13-3-2-4-14(19)10-13/h2-6,9-11H,8H2,1H3,(H,23,27)/b21-11-. The van der Waals surface area contributed by atoms with Crippen molar-refractivity contribution in [1.82, 2.24) is 14.9 Å². The van der Waals surface area contributed by atoms with Crippen LogP contribution in [-0.2, 0) is 0 Å². The van der Waals surface area contributed by atoms with Crippen molar-refractivity contribution in [3.63, 3.8) is 0 Å². The number of nitrogens with one attached hydrogen (secondary N) is 1. The third-order valence-corrected chi connectivity index (χ3v) is 3.80. The SMILES string of the molecule is COc1cc(/C=N\n2c(-c3cccc(F)c3)n[nH]c2=S)ccc1OCC#N. The zero-order chi connectivity index (χ0) is 19.2. The number of methoxy groups -OCH3 is 1. The van der Waals surface area contributed by atoms with Crippen LogP contribution in [0.25, 0.3) is 11.4 Å². The summed E-state index contributed by atoms with van der Waals surface area (Å²) in [5, 5.41) is 19.7. The molecule has 0 aliphatic heterocycles. The van der Waals surface area contributed by atoms with Crippen LogP contribution in [0.3, 0.4) is 0 Å². The van der Waals surface area contributed by atoms with E-state index in [0.717, 1.165) is 0 Å². The van der Waals surface area contributed by atoms with Crippen molar-refractivity contribution in [2.24, 2.45) is 5.10 Å². The van der Waals surface area contributed by atoms with E-state index in [4.69, 9.17) is 27.0 Å². The summed E-state index contributed by atoms with van der Waals surface area (Å²) in [7, 11) is 1.50. The number of benzene rings is 2. The molecule has 3 aromatic rings. The van der Waals surface area contributed by atoms with Crippen molar-refractivity contribution >= 4 is 18.4 Å². The fraction of sp³-hybridized carbons (Fsp3) is 0.111. The van der Waals surface area contributed by atoms with Crippen molar-refractivity contribution < 1.29 is 13.9 Å². The van der Waals surface area contributed by atoms with Crippen LogP contribution >= 0.6 is 12.2 Å². The van der Waals surface area contributed by atoms with E-state index >= 15 is 0 Å². The Hall–Kier alpha value is -3.51. The summed E-state index contributed by atoms with van der Waals surface area (Å²) < 4.78 is 25.7. The first kappa shape index (κ1) is 18.3. The lowest BCUT2D eigenvalue weighted by Crippen LogP contribution is -1.98. The van der Waals surface area contributed by atoms with Gasteiger partial charge in [0.2, 0.25) is 4.77 Å². The number of hydrogen-bond donors (Lipinski definition) is 1. The van der Waals surface area contributed by atoms with Crippen LogP contribution in [0.15, 0.2) is 47.6 Å². The van der Waals surface area contributed by atoms with E-state index in [1.54, 1.807) is 36.5 Å². The number of rotatable bonds is 6. The smallest absolute Gasteiger partial charge is 0.216 e. The number of halogens is 1. The van der Waals surface area contributed by atoms with E-state index in [0.29, 0.717) is 28.5 Å². The number of aromatic nitrogens is 3. The van der Waals surface area contributed by atoms with Gasteiger partial charge in [0, 0.05) is 5.56 Å². The minimum Gasteiger partial charge on any atom is -0.493 e. The molecule has 27 heavy (non-hydrogen) atoms. The van der Waals surface area contributed by atoms with Gasteiger partial charge in [0.15, 0.2) is 23.9 Å². The van der Waals surface area contributed by atoms with Gasteiger partial charge in [-0.3, -0.25) is 0 Å². The highest BCUT2D eigenvalue weighted by atomic mass is 32.1. The highest BCUT2D eigenvalue weighted by Gasteiger charge is 2.09. The molecule has 0 radical (unpaired) electrons. The lowest BCUT2D eigenvalue weighted by atomic mass is 10.2. The maximum atomic E-state index is 13.5. The molecular formula is C18H14FN5O2S. The molecule has 1 aromatic heterocycles. The third kappa shape index (κ3) is 4.19. The maximum absolute atomic E-state index is 13.5. The highest BCUT2D eigenvalue weighted by Crippen LogP contribution is 2.27. The van der Waals surface area contributed by atoms with Gasteiger partial charge in [-0.2, -0.15) is 20.1 Å². The number of ether oxygens (including phenoxy) is 2. The zero-order valence-electron chi connectivity index (χ0n) is 14.2. The molecule has 0 aliphatic carbocycles. The number of H-pyrrole nitrogens is 1. The van der Waals surface area contributed by atoms with Crippen LogP contribution in [0.1, 0.15) is 5.56 Å². The molecule has 0 bridgehead atoms. The molecule has 0 spiro atoms. The summed E-state index contributed by atoms with van der Waals surface area (Å²) in [4.78, 5) is 0. The first-order chi connectivity index (χ1) is 13.1. The molecule has 1 N–H and O–H groups in total. The Morgan fingerprint density at radius 2 is 2.19 bits per heavy atom. The first-order valence-corrected chi connectivity index (χ1v) is 8.18. The summed E-state index contributed by atoms with van der Waals surface area (Å²) in [5.41, 5.74) is 1.25. The van der Waals surface area contributed by atoms with Crippen LogP contribution in [0, 0.1) is 21.9 Å². The maximum Gasteiger partial charge on any atom is 0.216 e. The molecule has 0 atom stereocenters. The van der Waals surface area contributed by atoms with Crippen molar-refractivity contribution in [1.29, 1.82) is 5.26 Å². The molecule has 3 rings (SSSR count). The van der Waals surface area contributed by atoms with Gasteiger partial charge >= 0.3 is 0 Å². The van der Waals surface area contributed by atoms with E-state index in [9.17, 15) is 4.39 Å². The summed E-state index contributed by atoms with van der Waals surface area (Å²) in [6.07, 6.45) is 1.56. The normalized spacial score (nSPS) is 10.7. The molecule has 9 heteroatoms. The Morgan fingerprint density at radius 1 is 1.33 bits per heavy atom. The molecule has 0 fully saturated rings. The minimum atomic E-state index is -0.380. The average molecular weight is 383 g/mol. The monoisotopic (exact) mass is 383 g/mol. The molecule has 136 valence electrons. The molecule has 7 nitrogen and oxygen atoms in total. The van der Waals surface area contributed by atoms with Gasteiger partial charge in [-0.05, 0) is 48.1 Å². The molecule has 0 saturated carbocycles. The Balaban J connectivity index is 1.92. The number of nitriles is 1. The summed E-state index contributed by atoms with van der Waals surface area (Å²) in [6, 6.07) is 13.0. The fourth-order valence-electron chi connectivity index (χ4n) is 2.33. The van der Waals surface area contributed by atoms with Gasteiger partial charge in [0.1, 0.15) is 11.9 Å². The zero-order valence-corrected chi connectivity index (χ0v) is 15.0. The van der Waals surface area contributed by atoms with Crippen molar-refractivity contribution in [2.75, 3.05) is 13.7 Å². The van der Waals surface area contributed by atoms with Crippen LogP contribution in [-0.4, -0.2) is 34.8 Å². The average Bonchev–Trinajstić information content (AvgIpc) is 3.05. The first-order valence-electron chi connectivity index (χ1n) is 7.78. The predicted molar refractivity (Wildman–Crippen MR) is 99.9 cm³/mol. The van der Waals surface area contributed by atoms with E-state index < -0.39 is 0 Å². The fourth-order valence-corrected chi connectivity index (χ4v) is 2.51. The molecule has 2 aromatic carbocycles. The minimum absolute atomic E-state index is 0.0784. The van der Waals surface area contributed by atoms with Gasteiger partial charge in [0.05, 0.1) is 13.3 Å². The van der Waals surface area contributed by atoms with Crippen molar-refractivity contribution in [2.45, 2.75) is 0 Å². The lowest BCUT2D eigenvalue weighted by molar-refractivity contribution is 0.329. The van der Waals surface area contributed by atoms with Gasteiger partial charge in [0.25, 0.3) is 0 Å². The number of aromatic amines is 1. The number of hydrogen-bond acceptors (Lipinski definition) is 6. The molecule has 0 amide bonds. The van der Waals surface area contributed by atoms with E-state index in [1.807, 2.05) is 6.07 Å². The molecular weight excluding hydrogens is 369 g/mol. The van der Waals surface area contributed by atoms with Gasteiger partial charge in [-0.15, -0.1) is 0 Å². The van der Waals surface area contributed by atoms with Crippen molar-refractivity contribution in [3.8, 4) is 29.0 Å². The van der Waals surface area contributed by atoms with Crippen LogP contribution in [0.5, 0.6) is 11.5 Å².